The fourth-order valence-corrected chi connectivity index (χ4v) is 11.9. The second-order valence-corrected chi connectivity index (χ2v) is 19.0. The van der Waals surface area contributed by atoms with Crippen LogP contribution in [-0.4, -0.2) is 19.5 Å². The summed E-state index contributed by atoms with van der Waals surface area (Å²) >= 11 is 1.84. The van der Waals surface area contributed by atoms with Crippen molar-refractivity contribution in [3.8, 4) is 62.1 Å². The Balaban J connectivity index is 0.944. The molecule has 4 aromatic heterocycles. The van der Waals surface area contributed by atoms with E-state index in [9.17, 15) is 0 Å². The van der Waals surface area contributed by atoms with Gasteiger partial charge in [0.25, 0.3) is 0 Å². The molecular weight excluding hydrogens is 825 g/mol. The molecule has 66 heavy (non-hydrogen) atoms. The van der Waals surface area contributed by atoms with Crippen LogP contribution in [0.2, 0.25) is 0 Å². The largest absolute Gasteiger partial charge is 0.456 e. The Morgan fingerprint density at radius 3 is 1.91 bits per heavy atom. The number of aromatic nitrogens is 4. The van der Waals surface area contributed by atoms with Gasteiger partial charge in [-0.25, -0.2) is 15.0 Å². The van der Waals surface area contributed by atoms with Crippen molar-refractivity contribution in [1.82, 2.24) is 19.5 Å². The van der Waals surface area contributed by atoms with Gasteiger partial charge in [0.15, 0.2) is 17.5 Å². The molecule has 0 spiro atoms. The van der Waals surface area contributed by atoms with Gasteiger partial charge in [-0.05, 0) is 94.0 Å². The first kappa shape index (κ1) is 37.2. The lowest BCUT2D eigenvalue weighted by atomic mass is 9.82. The highest BCUT2D eigenvalue weighted by atomic mass is 32.1. The lowest BCUT2D eigenvalue weighted by molar-refractivity contribution is 0.660. The topological polar surface area (TPSA) is 56.7 Å². The molecule has 0 amide bonds. The van der Waals surface area contributed by atoms with Crippen molar-refractivity contribution in [2.75, 3.05) is 0 Å². The summed E-state index contributed by atoms with van der Waals surface area (Å²) in [5, 5.41) is 7.00. The Bertz CT molecular complexity index is 4100. The Hall–Kier alpha value is -8.19. The Morgan fingerprint density at radius 1 is 0.409 bits per heavy atom. The summed E-state index contributed by atoms with van der Waals surface area (Å²) in [4.78, 5) is 15.7. The molecule has 0 unspecified atom stereocenters. The van der Waals surface area contributed by atoms with Crippen molar-refractivity contribution in [2.45, 2.75) is 19.3 Å². The van der Waals surface area contributed by atoms with E-state index in [1.54, 1.807) is 0 Å². The smallest absolute Gasteiger partial charge is 0.164 e. The highest BCUT2D eigenvalue weighted by Crippen LogP contribution is 2.50. The third kappa shape index (κ3) is 5.42. The van der Waals surface area contributed by atoms with Crippen LogP contribution in [-0.2, 0) is 5.41 Å². The predicted octanol–water partition coefficient (Wildman–Crippen LogP) is 16.2. The summed E-state index contributed by atoms with van der Waals surface area (Å²) in [5.41, 5.74) is 15.2. The average Bonchev–Trinajstić information content (AvgIpc) is 4.10. The molecule has 310 valence electrons. The minimum absolute atomic E-state index is 0.159. The number of thiophene rings is 1. The number of hydrogen-bond acceptors (Lipinski definition) is 5. The molecule has 0 saturated heterocycles. The Morgan fingerprint density at radius 2 is 1.08 bits per heavy atom. The van der Waals surface area contributed by atoms with Gasteiger partial charge in [-0.3, -0.25) is 0 Å². The van der Waals surface area contributed by atoms with Gasteiger partial charge in [0.1, 0.15) is 11.2 Å². The molecule has 1 aliphatic rings. The summed E-state index contributed by atoms with van der Waals surface area (Å²) < 4.78 is 11.6. The zero-order chi connectivity index (χ0) is 43.7. The molecule has 6 heteroatoms. The molecule has 0 fully saturated rings. The first-order chi connectivity index (χ1) is 32.5. The Labute approximate surface area is 383 Å². The van der Waals surface area contributed by atoms with Crippen molar-refractivity contribution < 1.29 is 4.42 Å². The molecule has 5 nitrogen and oxygen atoms in total. The minimum Gasteiger partial charge on any atom is -0.456 e. The molecule has 0 radical (unpaired) electrons. The normalized spacial score (nSPS) is 13.1. The summed E-state index contributed by atoms with van der Waals surface area (Å²) in [7, 11) is 0. The van der Waals surface area contributed by atoms with Gasteiger partial charge < -0.3 is 8.98 Å². The van der Waals surface area contributed by atoms with Gasteiger partial charge in [0.2, 0.25) is 0 Å². The van der Waals surface area contributed by atoms with E-state index >= 15 is 0 Å². The predicted molar refractivity (Wildman–Crippen MR) is 274 cm³/mol. The molecule has 1 aliphatic carbocycles. The second kappa shape index (κ2) is 13.9. The maximum Gasteiger partial charge on any atom is 0.164 e. The van der Waals surface area contributed by atoms with Crippen molar-refractivity contribution in [3.05, 3.63) is 205 Å². The number of benzene rings is 9. The first-order valence-electron chi connectivity index (χ1n) is 22.4. The SMILES string of the molecule is CC1(C)c2ccccc2-c2ccc(-c3nc(-c4ccccc4)nc(-c4cccc5oc6ccc(-c7cccc8sc9ccc(-n%10c%11ccccc%11c%11ccccc%11%10)cc9c78)cc6c45)n3)cc21. The fraction of sp³-hybridized carbons (Fsp3) is 0.0500. The number of hydrogen-bond donors (Lipinski definition) is 0. The van der Waals surface area contributed by atoms with Crippen LogP contribution in [0.4, 0.5) is 0 Å². The van der Waals surface area contributed by atoms with E-state index in [4.69, 9.17) is 19.4 Å². The first-order valence-corrected chi connectivity index (χ1v) is 23.2. The highest BCUT2D eigenvalue weighted by molar-refractivity contribution is 7.26. The monoisotopic (exact) mass is 862 g/mol. The van der Waals surface area contributed by atoms with Crippen LogP contribution < -0.4 is 0 Å². The van der Waals surface area contributed by atoms with E-state index in [-0.39, 0.29) is 5.41 Å². The van der Waals surface area contributed by atoms with Crippen LogP contribution in [0, 0.1) is 0 Å². The molecule has 0 atom stereocenters. The third-order valence-corrected chi connectivity index (χ3v) is 15.0. The van der Waals surface area contributed by atoms with Crippen LogP contribution in [0.3, 0.4) is 0 Å². The van der Waals surface area contributed by atoms with Crippen LogP contribution in [0.25, 0.3) is 126 Å². The molecular formula is C60H38N4OS. The molecule has 14 rings (SSSR count). The summed E-state index contributed by atoms with van der Waals surface area (Å²) in [6, 6.07) is 69.4. The van der Waals surface area contributed by atoms with E-state index in [1.165, 1.54) is 69.8 Å². The number of fused-ring (bicyclic) bond motifs is 12. The second-order valence-electron chi connectivity index (χ2n) is 17.9. The lowest BCUT2D eigenvalue weighted by Gasteiger charge is -2.21. The van der Waals surface area contributed by atoms with Gasteiger partial charge in [-0.15, -0.1) is 11.3 Å². The standard InChI is InChI=1S/C60H38N4OS/c1-60(2)47-21-9-6-16-40(47)41-29-26-37(33-48(41)60)58-61-57(35-14-4-3-5-15-35)62-59(63-58)44-20-12-24-52-55(44)45-32-36(27-30-51(45)65-52)39-19-13-25-54-56(39)46-34-38(28-31-53(46)66-54)64-49-22-10-7-17-42(49)43-18-8-11-23-50(43)64/h3-34H,1-2H3. The zero-order valence-corrected chi connectivity index (χ0v) is 36.9. The van der Waals surface area contributed by atoms with Crippen LogP contribution >= 0.6 is 11.3 Å². The Kier molecular flexibility index (Phi) is 7.84. The lowest BCUT2D eigenvalue weighted by Crippen LogP contribution is -2.15. The number of rotatable bonds is 5. The van der Waals surface area contributed by atoms with Gasteiger partial charge in [0.05, 0.1) is 11.0 Å². The molecule has 13 aromatic rings. The van der Waals surface area contributed by atoms with Crippen molar-refractivity contribution in [1.29, 1.82) is 0 Å². The third-order valence-electron chi connectivity index (χ3n) is 13.9. The summed E-state index contributed by atoms with van der Waals surface area (Å²) in [6.45, 7) is 4.61. The van der Waals surface area contributed by atoms with E-state index in [0.717, 1.165) is 49.9 Å². The average molecular weight is 863 g/mol. The van der Waals surface area contributed by atoms with Crippen LogP contribution in [0.15, 0.2) is 199 Å². The van der Waals surface area contributed by atoms with Gasteiger partial charge in [-0.2, -0.15) is 0 Å². The quantitative estimate of drug-likeness (QED) is 0.173. The van der Waals surface area contributed by atoms with Crippen LogP contribution in [0.5, 0.6) is 0 Å². The number of nitrogens with zero attached hydrogens (tertiary/aromatic N) is 4. The van der Waals surface area contributed by atoms with E-state index in [0.29, 0.717) is 17.5 Å². The van der Waals surface area contributed by atoms with E-state index in [1.807, 2.05) is 41.7 Å². The van der Waals surface area contributed by atoms with Gasteiger partial charge >= 0.3 is 0 Å². The number of para-hydroxylation sites is 2. The molecule has 4 heterocycles. The molecule has 0 N–H and O–H groups in total. The summed E-state index contributed by atoms with van der Waals surface area (Å²) in [5.74, 6) is 1.86. The van der Waals surface area contributed by atoms with E-state index in [2.05, 4.69) is 182 Å². The molecule has 9 aromatic carbocycles. The minimum atomic E-state index is -0.159. The van der Waals surface area contributed by atoms with Crippen LogP contribution in [0.1, 0.15) is 25.0 Å². The fourth-order valence-electron chi connectivity index (χ4n) is 10.8. The van der Waals surface area contributed by atoms with Gasteiger partial charge in [0, 0.05) is 69.5 Å². The van der Waals surface area contributed by atoms with Crippen molar-refractivity contribution in [3.63, 3.8) is 0 Å². The number of furan rings is 1. The maximum absolute atomic E-state index is 6.64. The van der Waals surface area contributed by atoms with Crippen molar-refractivity contribution in [2.24, 2.45) is 0 Å². The highest BCUT2D eigenvalue weighted by Gasteiger charge is 2.35. The van der Waals surface area contributed by atoms with Gasteiger partial charge in [-0.1, -0.05) is 147 Å². The maximum atomic E-state index is 6.64. The zero-order valence-electron chi connectivity index (χ0n) is 36.1. The molecule has 0 aliphatic heterocycles. The molecule has 0 bridgehead atoms. The summed E-state index contributed by atoms with van der Waals surface area (Å²) in [6.07, 6.45) is 0. The van der Waals surface area contributed by atoms with E-state index < -0.39 is 0 Å². The molecule has 0 saturated carbocycles. The van der Waals surface area contributed by atoms with Crippen molar-refractivity contribution >= 4 is 75.3 Å².